The largest absolute Gasteiger partial charge is 0.496 e. The van der Waals surface area contributed by atoms with Crippen molar-refractivity contribution in [3.05, 3.63) is 89.5 Å². The van der Waals surface area contributed by atoms with Gasteiger partial charge in [0.1, 0.15) is 35.4 Å². The summed E-state index contributed by atoms with van der Waals surface area (Å²) in [6, 6.07) is 17.3. The van der Waals surface area contributed by atoms with Crippen molar-refractivity contribution >= 4 is 11.6 Å². The average Bonchev–Trinajstić information content (AvgIpc) is 2.69. The summed E-state index contributed by atoms with van der Waals surface area (Å²) in [7, 11) is 1.51. The fourth-order valence-corrected chi connectivity index (χ4v) is 2.51. The van der Waals surface area contributed by atoms with Crippen molar-refractivity contribution in [3.63, 3.8) is 0 Å². The van der Waals surface area contributed by atoms with Gasteiger partial charge in [-0.2, -0.15) is 0 Å². The Balaban J connectivity index is 1.80. The number of anilines is 1. The number of benzene rings is 3. The van der Waals surface area contributed by atoms with Gasteiger partial charge in [-0.15, -0.1) is 0 Å². The number of amides is 1. The summed E-state index contributed by atoms with van der Waals surface area (Å²) in [5, 5.41) is 2.26. The van der Waals surface area contributed by atoms with Crippen molar-refractivity contribution < 1.29 is 23.0 Å². The van der Waals surface area contributed by atoms with Gasteiger partial charge in [0, 0.05) is 11.1 Å². The van der Waals surface area contributed by atoms with Crippen molar-refractivity contribution in [1.29, 1.82) is 0 Å². The summed E-state index contributed by atoms with van der Waals surface area (Å²) in [6.45, 7) is 0.169. The summed E-state index contributed by atoms with van der Waals surface area (Å²) in [5.41, 5.74) is 0.369. The number of halogens is 2. The number of methoxy groups -OCH3 is 1. The van der Waals surface area contributed by atoms with E-state index in [4.69, 9.17) is 9.47 Å². The Hall–Kier alpha value is -3.41. The maximum atomic E-state index is 13.7. The molecule has 0 saturated carbocycles. The van der Waals surface area contributed by atoms with Crippen molar-refractivity contribution in [1.82, 2.24) is 0 Å². The van der Waals surface area contributed by atoms with Crippen LogP contribution in [0, 0.1) is 11.6 Å². The van der Waals surface area contributed by atoms with Gasteiger partial charge in [-0.3, -0.25) is 4.79 Å². The highest BCUT2D eigenvalue weighted by Crippen LogP contribution is 2.24. The van der Waals surface area contributed by atoms with Crippen molar-refractivity contribution in [2.75, 3.05) is 12.4 Å². The topological polar surface area (TPSA) is 47.6 Å². The number of hydrogen-bond donors (Lipinski definition) is 1. The number of carbonyl (C=O) groups excluding carboxylic acids is 1. The molecule has 3 rings (SSSR count). The van der Waals surface area contributed by atoms with Crippen LogP contribution in [-0.2, 0) is 6.61 Å². The minimum atomic E-state index is -0.843. The first-order valence-electron chi connectivity index (χ1n) is 8.18. The molecule has 0 aromatic heterocycles. The van der Waals surface area contributed by atoms with Crippen LogP contribution in [-0.4, -0.2) is 13.0 Å². The van der Waals surface area contributed by atoms with Gasteiger partial charge in [0.15, 0.2) is 0 Å². The summed E-state index contributed by atoms with van der Waals surface area (Å²) in [6.07, 6.45) is 0. The Bertz CT molecular complexity index is 925. The first kappa shape index (κ1) is 18.4. The molecule has 0 unspecified atom stereocenters. The van der Waals surface area contributed by atoms with Crippen LogP contribution < -0.4 is 14.8 Å². The number of hydrogen-bond acceptors (Lipinski definition) is 3. The summed E-state index contributed by atoms with van der Waals surface area (Å²) >= 11 is 0. The molecule has 0 heterocycles. The van der Waals surface area contributed by atoms with Gasteiger partial charge in [-0.25, -0.2) is 8.78 Å². The predicted octanol–water partition coefficient (Wildman–Crippen LogP) is 4.80. The third kappa shape index (κ3) is 4.41. The van der Waals surface area contributed by atoms with Crippen LogP contribution in [0.25, 0.3) is 0 Å². The van der Waals surface area contributed by atoms with E-state index in [9.17, 15) is 13.6 Å². The first-order chi connectivity index (χ1) is 13.1. The minimum Gasteiger partial charge on any atom is -0.496 e. The highest BCUT2D eigenvalue weighted by atomic mass is 19.1. The molecule has 4 nitrogen and oxygen atoms in total. The quantitative estimate of drug-likeness (QED) is 0.679. The van der Waals surface area contributed by atoms with E-state index in [1.807, 2.05) is 30.3 Å². The fraction of sp³-hybridized carbons (Fsp3) is 0.0952. The third-order valence-electron chi connectivity index (χ3n) is 3.88. The van der Waals surface area contributed by atoms with Gasteiger partial charge in [0.25, 0.3) is 5.91 Å². The lowest BCUT2D eigenvalue weighted by Gasteiger charge is -2.13. The molecule has 0 aliphatic carbocycles. The van der Waals surface area contributed by atoms with E-state index < -0.39 is 23.2 Å². The molecule has 138 valence electrons. The highest BCUT2D eigenvalue weighted by molar-refractivity contribution is 6.04. The molecular formula is C21H17F2NO3. The molecule has 0 radical (unpaired) electrons. The van der Waals surface area contributed by atoms with Gasteiger partial charge in [0.05, 0.1) is 7.11 Å². The molecule has 0 bridgehead atoms. The lowest BCUT2D eigenvalue weighted by Crippen LogP contribution is -2.15. The molecule has 1 amide bonds. The molecule has 0 atom stereocenters. The van der Waals surface area contributed by atoms with Gasteiger partial charge in [0.2, 0.25) is 0 Å². The fourth-order valence-electron chi connectivity index (χ4n) is 2.51. The Labute approximate surface area is 155 Å². The number of nitrogens with one attached hydrogen (secondary N) is 1. The summed E-state index contributed by atoms with van der Waals surface area (Å²) in [5.74, 6) is -1.11. The van der Waals surface area contributed by atoms with Crippen LogP contribution >= 0.6 is 0 Å². The number of ether oxygens (including phenoxy) is 2. The van der Waals surface area contributed by atoms with Gasteiger partial charge >= 0.3 is 0 Å². The molecule has 0 spiro atoms. The molecule has 3 aromatic carbocycles. The van der Waals surface area contributed by atoms with Crippen molar-refractivity contribution in [3.8, 4) is 11.5 Å². The van der Waals surface area contributed by atoms with Crippen LogP contribution in [0.1, 0.15) is 15.9 Å². The van der Waals surface area contributed by atoms with Gasteiger partial charge in [-0.1, -0.05) is 24.3 Å². The second-order valence-electron chi connectivity index (χ2n) is 5.68. The van der Waals surface area contributed by atoms with E-state index in [1.54, 1.807) is 12.1 Å². The summed E-state index contributed by atoms with van der Waals surface area (Å²) in [4.78, 5) is 12.4. The predicted molar refractivity (Wildman–Crippen MR) is 98.1 cm³/mol. The summed E-state index contributed by atoms with van der Waals surface area (Å²) < 4.78 is 38.5. The lowest BCUT2D eigenvalue weighted by atomic mass is 10.1. The van der Waals surface area contributed by atoms with Crippen molar-refractivity contribution in [2.45, 2.75) is 6.61 Å². The zero-order valence-corrected chi connectivity index (χ0v) is 14.5. The highest BCUT2D eigenvalue weighted by Gasteiger charge is 2.15. The Kier molecular flexibility index (Phi) is 5.66. The number of para-hydroxylation sites is 2. The van der Waals surface area contributed by atoms with Crippen LogP contribution in [0.15, 0.2) is 66.7 Å². The molecule has 0 fully saturated rings. The van der Waals surface area contributed by atoms with E-state index >= 15 is 0 Å². The van der Waals surface area contributed by atoms with E-state index in [-0.39, 0.29) is 12.2 Å². The molecule has 0 aliphatic rings. The Morgan fingerprint density at radius 3 is 2.33 bits per heavy atom. The zero-order valence-electron chi connectivity index (χ0n) is 14.5. The molecule has 0 saturated heterocycles. The standard InChI is InChI=1S/C21H17F2NO3/c1-26-19-11-10-14(12-15(19)13-27-16-6-3-2-4-7-16)21(25)24-20-17(22)8-5-9-18(20)23/h2-12H,13H2,1H3,(H,24,25). The van der Waals surface area contributed by atoms with Gasteiger partial charge < -0.3 is 14.8 Å². The van der Waals surface area contributed by atoms with Crippen LogP contribution in [0.4, 0.5) is 14.5 Å². The molecular weight excluding hydrogens is 352 g/mol. The molecule has 1 N–H and O–H groups in total. The maximum absolute atomic E-state index is 13.7. The van der Waals surface area contributed by atoms with E-state index in [2.05, 4.69) is 5.32 Å². The monoisotopic (exact) mass is 369 g/mol. The number of rotatable bonds is 6. The van der Waals surface area contributed by atoms with Crippen LogP contribution in [0.5, 0.6) is 11.5 Å². The van der Waals surface area contributed by atoms with Gasteiger partial charge in [-0.05, 0) is 42.5 Å². The van der Waals surface area contributed by atoms with Crippen LogP contribution in [0.3, 0.4) is 0 Å². The second-order valence-corrected chi connectivity index (χ2v) is 5.68. The minimum absolute atomic E-state index is 0.169. The van der Waals surface area contributed by atoms with Crippen molar-refractivity contribution in [2.24, 2.45) is 0 Å². The average molecular weight is 369 g/mol. The van der Waals surface area contributed by atoms with E-state index in [1.165, 1.54) is 19.2 Å². The normalized spacial score (nSPS) is 10.3. The zero-order chi connectivity index (χ0) is 19.2. The molecule has 3 aromatic rings. The molecule has 27 heavy (non-hydrogen) atoms. The SMILES string of the molecule is COc1ccc(C(=O)Nc2c(F)cccc2F)cc1COc1ccccc1. The van der Waals surface area contributed by atoms with E-state index in [0.717, 1.165) is 12.1 Å². The first-order valence-corrected chi connectivity index (χ1v) is 8.18. The third-order valence-corrected chi connectivity index (χ3v) is 3.88. The molecule has 0 aliphatic heterocycles. The smallest absolute Gasteiger partial charge is 0.255 e. The second kappa shape index (κ2) is 8.31. The van der Waals surface area contributed by atoms with Crippen LogP contribution in [0.2, 0.25) is 0 Å². The Morgan fingerprint density at radius 2 is 1.67 bits per heavy atom. The lowest BCUT2D eigenvalue weighted by molar-refractivity contribution is 0.102. The van der Waals surface area contributed by atoms with E-state index in [0.29, 0.717) is 17.1 Å². The number of carbonyl (C=O) groups is 1. The Morgan fingerprint density at radius 1 is 0.963 bits per heavy atom. The maximum Gasteiger partial charge on any atom is 0.255 e. The molecule has 6 heteroatoms.